The van der Waals surface area contributed by atoms with Crippen LogP contribution in [0.2, 0.25) is 5.02 Å². The lowest BCUT2D eigenvalue weighted by Gasteiger charge is -2.08. The largest absolute Gasteiger partial charge is 0.327 e. The topological polar surface area (TPSA) is 85.1 Å². The molecule has 0 spiro atoms. The lowest BCUT2D eigenvalue weighted by atomic mass is 10.1. The first-order chi connectivity index (χ1) is 10.3. The fraction of sp³-hybridized carbons (Fsp3) is 0.267. The Bertz CT molecular complexity index is 806. The van der Waals surface area contributed by atoms with Crippen LogP contribution >= 0.6 is 11.6 Å². The number of halogens is 1. The first-order valence-electron chi connectivity index (χ1n) is 6.82. The van der Waals surface area contributed by atoms with E-state index in [0.717, 1.165) is 29.5 Å². The number of nitrogens with one attached hydrogen (secondary N) is 1. The van der Waals surface area contributed by atoms with Crippen molar-refractivity contribution in [1.29, 1.82) is 0 Å². The van der Waals surface area contributed by atoms with Gasteiger partial charge in [-0.1, -0.05) is 17.7 Å². The van der Waals surface area contributed by atoms with Crippen LogP contribution in [-0.4, -0.2) is 25.7 Å². The first-order valence-corrected chi connectivity index (χ1v) is 9.09. The minimum absolute atomic E-state index is 0.240. The van der Waals surface area contributed by atoms with Crippen molar-refractivity contribution in [2.24, 2.45) is 5.73 Å². The molecule has 7 heteroatoms. The summed E-state index contributed by atoms with van der Waals surface area (Å²) in [5.41, 5.74) is 8.87. The SMILES string of the molecule is CS(=O)(=O)Nc1cc(Cl)cc(-c2ccc([C@H]3C[C@@H]3N)cn2)c1. The molecule has 2 aromatic rings. The molecule has 1 aromatic heterocycles. The fourth-order valence-corrected chi connectivity index (χ4v) is 3.18. The molecular formula is C15H16ClN3O2S. The number of aromatic nitrogens is 1. The second-order valence-corrected chi connectivity index (χ2v) is 7.77. The van der Waals surface area contributed by atoms with E-state index in [4.69, 9.17) is 17.3 Å². The standard InChI is InChI=1S/C15H16ClN3O2S/c1-22(20,21)19-12-5-10(4-11(16)6-12)15-3-2-9(8-18-15)13-7-14(13)17/h2-6,8,13-14,19H,7,17H2,1H3/t13-,14+/m1/s1. The number of nitrogens with zero attached hydrogens (tertiary/aromatic N) is 1. The van der Waals surface area contributed by atoms with Gasteiger partial charge in [0.05, 0.1) is 17.6 Å². The van der Waals surface area contributed by atoms with Gasteiger partial charge < -0.3 is 5.73 Å². The van der Waals surface area contributed by atoms with Crippen LogP contribution in [-0.2, 0) is 10.0 Å². The van der Waals surface area contributed by atoms with E-state index in [-0.39, 0.29) is 6.04 Å². The lowest BCUT2D eigenvalue weighted by Crippen LogP contribution is -2.09. The normalized spacial score (nSPS) is 20.7. The number of anilines is 1. The maximum absolute atomic E-state index is 11.3. The molecular weight excluding hydrogens is 322 g/mol. The number of benzene rings is 1. The van der Waals surface area contributed by atoms with Gasteiger partial charge in [-0.05, 0) is 36.2 Å². The number of hydrogen-bond donors (Lipinski definition) is 2. The van der Waals surface area contributed by atoms with Crippen molar-refractivity contribution in [3.8, 4) is 11.3 Å². The molecule has 1 aromatic carbocycles. The van der Waals surface area contributed by atoms with Gasteiger partial charge in [-0.3, -0.25) is 9.71 Å². The van der Waals surface area contributed by atoms with Gasteiger partial charge in [0.25, 0.3) is 0 Å². The molecule has 3 N–H and O–H groups in total. The number of hydrogen-bond acceptors (Lipinski definition) is 4. The monoisotopic (exact) mass is 337 g/mol. The van der Waals surface area contributed by atoms with Gasteiger partial charge in [0, 0.05) is 28.7 Å². The molecule has 0 saturated heterocycles. The summed E-state index contributed by atoms with van der Waals surface area (Å²) in [6.45, 7) is 0. The zero-order chi connectivity index (χ0) is 15.9. The van der Waals surface area contributed by atoms with Crippen LogP contribution in [0.25, 0.3) is 11.3 Å². The van der Waals surface area contributed by atoms with Crippen LogP contribution in [0.5, 0.6) is 0 Å². The van der Waals surface area contributed by atoms with Crippen LogP contribution < -0.4 is 10.5 Å². The van der Waals surface area contributed by atoms with E-state index in [2.05, 4.69) is 9.71 Å². The summed E-state index contributed by atoms with van der Waals surface area (Å²) < 4.78 is 25.1. The van der Waals surface area contributed by atoms with Gasteiger partial charge in [-0.25, -0.2) is 8.42 Å². The van der Waals surface area contributed by atoms with E-state index in [1.54, 1.807) is 18.2 Å². The van der Waals surface area contributed by atoms with Crippen LogP contribution in [0, 0.1) is 0 Å². The minimum atomic E-state index is -3.35. The van der Waals surface area contributed by atoms with E-state index in [9.17, 15) is 8.42 Å². The van der Waals surface area contributed by atoms with E-state index >= 15 is 0 Å². The summed E-state index contributed by atoms with van der Waals surface area (Å²) in [6.07, 6.45) is 3.91. The summed E-state index contributed by atoms with van der Waals surface area (Å²) in [5.74, 6) is 0.406. The molecule has 1 saturated carbocycles. The summed E-state index contributed by atoms with van der Waals surface area (Å²) in [5, 5.41) is 0.443. The zero-order valence-electron chi connectivity index (χ0n) is 12.0. The molecule has 22 heavy (non-hydrogen) atoms. The summed E-state index contributed by atoms with van der Waals surface area (Å²) in [6, 6.07) is 9.16. The van der Waals surface area contributed by atoms with E-state index < -0.39 is 10.0 Å². The highest BCUT2D eigenvalue weighted by molar-refractivity contribution is 7.92. The third-order valence-electron chi connectivity index (χ3n) is 3.55. The van der Waals surface area contributed by atoms with Gasteiger partial charge in [-0.2, -0.15) is 0 Å². The van der Waals surface area contributed by atoms with Crippen molar-refractivity contribution in [1.82, 2.24) is 4.98 Å². The van der Waals surface area contributed by atoms with Gasteiger partial charge in [-0.15, -0.1) is 0 Å². The summed E-state index contributed by atoms with van der Waals surface area (Å²) in [4.78, 5) is 4.43. The fourth-order valence-electron chi connectivity index (χ4n) is 2.40. The highest BCUT2D eigenvalue weighted by Gasteiger charge is 2.34. The van der Waals surface area contributed by atoms with Gasteiger partial charge in [0.15, 0.2) is 0 Å². The average Bonchev–Trinajstić information content (AvgIpc) is 3.13. The molecule has 3 rings (SSSR count). The maximum atomic E-state index is 11.3. The molecule has 1 heterocycles. The van der Waals surface area contributed by atoms with Gasteiger partial charge in [0.1, 0.15) is 0 Å². The molecule has 0 aliphatic heterocycles. The molecule has 0 unspecified atom stereocenters. The Morgan fingerprint density at radius 3 is 2.59 bits per heavy atom. The van der Waals surface area contributed by atoms with Crippen molar-refractivity contribution < 1.29 is 8.42 Å². The highest BCUT2D eigenvalue weighted by Crippen LogP contribution is 2.39. The number of rotatable bonds is 4. The van der Waals surface area contributed by atoms with Crippen molar-refractivity contribution in [3.63, 3.8) is 0 Å². The Labute approximate surface area is 134 Å². The molecule has 0 bridgehead atoms. The van der Waals surface area contributed by atoms with Crippen molar-refractivity contribution >= 4 is 27.3 Å². The molecule has 0 amide bonds. The lowest BCUT2D eigenvalue weighted by molar-refractivity contribution is 0.607. The van der Waals surface area contributed by atoms with Gasteiger partial charge >= 0.3 is 0 Å². The summed E-state index contributed by atoms with van der Waals surface area (Å²) >= 11 is 6.06. The maximum Gasteiger partial charge on any atom is 0.229 e. The highest BCUT2D eigenvalue weighted by atomic mass is 35.5. The molecule has 0 radical (unpaired) electrons. The van der Waals surface area contributed by atoms with Crippen LogP contribution in [0.4, 0.5) is 5.69 Å². The van der Waals surface area contributed by atoms with E-state index in [1.165, 1.54) is 0 Å². The number of sulfonamides is 1. The Balaban J connectivity index is 1.90. The Morgan fingerprint density at radius 2 is 2.05 bits per heavy atom. The van der Waals surface area contributed by atoms with E-state index in [0.29, 0.717) is 16.6 Å². The minimum Gasteiger partial charge on any atom is -0.327 e. The van der Waals surface area contributed by atoms with Crippen molar-refractivity contribution in [2.45, 2.75) is 18.4 Å². The first kappa shape index (κ1) is 15.3. The third kappa shape index (κ3) is 3.58. The predicted octanol–water partition coefficient (Wildman–Crippen LogP) is 2.59. The smallest absolute Gasteiger partial charge is 0.229 e. The molecule has 1 aliphatic rings. The van der Waals surface area contributed by atoms with Gasteiger partial charge in [0.2, 0.25) is 10.0 Å². The number of pyridine rings is 1. The third-order valence-corrected chi connectivity index (χ3v) is 4.38. The Hall–Kier alpha value is -1.63. The van der Waals surface area contributed by atoms with Crippen molar-refractivity contribution in [3.05, 3.63) is 47.1 Å². The Kier molecular flexibility index (Phi) is 3.84. The molecule has 2 atom stereocenters. The molecule has 1 aliphatic carbocycles. The molecule has 5 nitrogen and oxygen atoms in total. The second kappa shape index (κ2) is 5.53. The average molecular weight is 338 g/mol. The Morgan fingerprint density at radius 1 is 1.32 bits per heavy atom. The van der Waals surface area contributed by atoms with Crippen LogP contribution in [0.3, 0.4) is 0 Å². The zero-order valence-corrected chi connectivity index (χ0v) is 13.5. The quantitative estimate of drug-likeness (QED) is 0.898. The van der Waals surface area contributed by atoms with Crippen molar-refractivity contribution in [2.75, 3.05) is 11.0 Å². The molecule has 116 valence electrons. The van der Waals surface area contributed by atoms with Crippen LogP contribution in [0.15, 0.2) is 36.5 Å². The number of nitrogens with two attached hydrogens (primary N) is 1. The second-order valence-electron chi connectivity index (χ2n) is 5.59. The van der Waals surface area contributed by atoms with Crippen LogP contribution in [0.1, 0.15) is 17.9 Å². The molecule has 1 fully saturated rings. The van der Waals surface area contributed by atoms with E-state index in [1.807, 2.05) is 18.3 Å². The predicted molar refractivity (Wildman–Crippen MR) is 88.5 cm³/mol. The summed E-state index contributed by atoms with van der Waals surface area (Å²) in [7, 11) is -3.35.